The zero-order valence-electron chi connectivity index (χ0n) is 18.3. The third-order valence-electron chi connectivity index (χ3n) is 6.13. The van der Waals surface area contributed by atoms with E-state index in [9.17, 15) is 14.4 Å². The van der Waals surface area contributed by atoms with Crippen molar-refractivity contribution in [1.29, 1.82) is 0 Å². The van der Waals surface area contributed by atoms with Crippen LogP contribution in [0.4, 0.5) is 4.79 Å². The molecule has 9 heteroatoms. The van der Waals surface area contributed by atoms with Crippen LogP contribution in [-0.4, -0.2) is 68.6 Å². The van der Waals surface area contributed by atoms with Crippen molar-refractivity contribution in [3.8, 4) is 0 Å². The Hall–Kier alpha value is -3.10. The molecule has 2 aromatic heterocycles. The molecule has 166 valence electrons. The first-order valence-corrected chi connectivity index (χ1v) is 10.8. The molecule has 1 fully saturated rings. The summed E-state index contributed by atoms with van der Waals surface area (Å²) in [5.41, 5.74) is 0.888. The maximum atomic E-state index is 13.2. The van der Waals surface area contributed by atoms with Gasteiger partial charge in [0.05, 0.1) is 6.33 Å². The van der Waals surface area contributed by atoms with Crippen molar-refractivity contribution < 1.29 is 9.59 Å². The van der Waals surface area contributed by atoms with Crippen LogP contribution in [0, 0.1) is 5.92 Å². The summed E-state index contributed by atoms with van der Waals surface area (Å²) in [5, 5.41) is 2.96. The average molecular weight is 427 g/mol. The molecule has 1 N–H and O–H groups in total. The number of likely N-dealkylation sites (tertiary alicyclic amines) is 1. The molecule has 2 aromatic rings. The number of nitrogens with one attached hydrogen (secondary N) is 1. The first kappa shape index (κ1) is 21.1. The predicted octanol–water partition coefficient (Wildman–Crippen LogP) is 1.35. The molecule has 9 nitrogen and oxygen atoms in total. The van der Waals surface area contributed by atoms with Crippen LogP contribution in [0.3, 0.4) is 0 Å². The van der Waals surface area contributed by atoms with Gasteiger partial charge in [-0.05, 0) is 38.3 Å². The van der Waals surface area contributed by atoms with Crippen LogP contribution in [0.15, 0.2) is 35.6 Å². The molecule has 0 spiro atoms. The van der Waals surface area contributed by atoms with E-state index in [4.69, 9.17) is 0 Å². The van der Waals surface area contributed by atoms with Crippen LogP contribution in [0.1, 0.15) is 42.2 Å². The summed E-state index contributed by atoms with van der Waals surface area (Å²) in [6.07, 6.45) is 6.20. The fraction of sp³-hybridized carbons (Fsp3) is 0.545. The molecular formula is C22H30N6O3. The predicted molar refractivity (Wildman–Crippen MR) is 116 cm³/mol. The number of piperidine rings is 1. The van der Waals surface area contributed by atoms with E-state index in [1.54, 1.807) is 35.1 Å². The van der Waals surface area contributed by atoms with Crippen LogP contribution >= 0.6 is 0 Å². The molecule has 2 bridgehead atoms. The van der Waals surface area contributed by atoms with E-state index in [-0.39, 0.29) is 40.9 Å². The van der Waals surface area contributed by atoms with Gasteiger partial charge in [-0.3, -0.25) is 9.59 Å². The van der Waals surface area contributed by atoms with Crippen molar-refractivity contribution in [2.45, 2.75) is 45.3 Å². The Morgan fingerprint density at radius 1 is 1.26 bits per heavy atom. The highest BCUT2D eigenvalue weighted by molar-refractivity contribution is 5.93. The summed E-state index contributed by atoms with van der Waals surface area (Å²) in [6.45, 7) is 6.76. The van der Waals surface area contributed by atoms with Crippen molar-refractivity contribution >= 4 is 11.9 Å². The Bertz CT molecular complexity index is 1010. The van der Waals surface area contributed by atoms with Crippen molar-refractivity contribution in [2.75, 3.05) is 26.7 Å². The SMILES string of the molecule is CC(C)NC(=O)N1C[C@@H]2C[C@H](C1)c1ccc(C(=O)N(C)CCn3ccnc3)c(=O)n1C2. The third-order valence-corrected chi connectivity index (χ3v) is 6.13. The van der Waals surface area contributed by atoms with Crippen LogP contribution in [0.2, 0.25) is 0 Å². The summed E-state index contributed by atoms with van der Waals surface area (Å²) in [6, 6.07) is 3.58. The number of aromatic nitrogens is 3. The molecule has 0 aliphatic carbocycles. The van der Waals surface area contributed by atoms with E-state index in [0.717, 1.165) is 12.1 Å². The number of likely N-dealkylation sites (N-methyl/N-ethyl adjacent to an activating group) is 1. The maximum absolute atomic E-state index is 13.2. The summed E-state index contributed by atoms with van der Waals surface area (Å²) >= 11 is 0. The Labute approximate surface area is 181 Å². The van der Waals surface area contributed by atoms with Gasteiger partial charge < -0.3 is 24.3 Å². The molecule has 0 radical (unpaired) electrons. The number of rotatable bonds is 5. The maximum Gasteiger partial charge on any atom is 0.317 e. The Balaban J connectivity index is 1.50. The van der Waals surface area contributed by atoms with Crippen molar-refractivity contribution in [1.82, 2.24) is 29.2 Å². The Morgan fingerprint density at radius 2 is 2.06 bits per heavy atom. The van der Waals surface area contributed by atoms with Crippen LogP contribution in [0.25, 0.3) is 0 Å². The number of hydrogen-bond donors (Lipinski definition) is 1. The van der Waals surface area contributed by atoms with Gasteiger partial charge in [0.25, 0.3) is 11.5 Å². The molecular weight excluding hydrogens is 396 g/mol. The van der Waals surface area contributed by atoms with E-state index in [1.807, 2.05) is 35.6 Å². The molecule has 2 aliphatic rings. The highest BCUT2D eigenvalue weighted by atomic mass is 16.2. The molecule has 31 heavy (non-hydrogen) atoms. The lowest BCUT2D eigenvalue weighted by Gasteiger charge is -2.43. The number of nitrogens with zero attached hydrogens (tertiary/aromatic N) is 5. The van der Waals surface area contributed by atoms with Crippen LogP contribution in [0.5, 0.6) is 0 Å². The van der Waals surface area contributed by atoms with Gasteiger partial charge in [0.15, 0.2) is 0 Å². The quantitative estimate of drug-likeness (QED) is 0.781. The van der Waals surface area contributed by atoms with Gasteiger partial charge in [-0.15, -0.1) is 0 Å². The lowest BCUT2D eigenvalue weighted by Crippen LogP contribution is -2.53. The number of pyridine rings is 1. The van der Waals surface area contributed by atoms with Crippen molar-refractivity contribution in [2.24, 2.45) is 5.92 Å². The highest BCUT2D eigenvalue weighted by Gasteiger charge is 2.37. The zero-order valence-corrected chi connectivity index (χ0v) is 18.3. The Morgan fingerprint density at radius 3 is 2.77 bits per heavy atom. The van der Waals surface area contributed by atoms with Gasteiger partial charge in [-0.1, -0.05) is 0 Å². The minimum atomic E-state index is -0.269. The van der Waals surface area contributed by atoms with Gasteiger partial charge in [0.2, 0.25) is 0 Å². The first-order valence-electron chi connectivity index (χ1n) is 10.8. The van der Waals surface area contributed by atoms with Gasteiger partial charge in [0, 0.05) is 69.8 Å². The molecule has 2 aliphatic heterocycles. The Kier molecular flexibility index (Phi) is 5.84. The zero-order chi connectivity index (χ0) is 22.1. The number of carbonyl (C=O) groups is 2. The summed E-state index contributed by atoms with van der Waals surface area (Å²) < 4.78 is 3.65. The second kappa shape index (κ2) is 8.56. The summed E-state index contributed by atoms with van der Waals surface area (Å²) in [4.78, 5) is 46.0. The smallest absolute Gasteiger partial charge is 0.317 e. The lowest BCUT2D eigenvalue weighted by molar-refractivity contribution is 0.0786. The van der Waals surface area contributed by atoms with Crippen LogP contribution < -0.4 is 10.9 Å². The molecule has 4 heterocycles. The van der Waals surface area contributed by atoms with E-state index >= 15 is 0 Å². The van der Waals surface area contributed by atoms with Crippen LogP contribution in [-0.2, 0) is 13.1 Å². The van der Waals surface area contributed by atoms with Crippen molar-refractivity contribution in [3.63, 3.8) is 0 Å². The molecule has 2 atom stereocenters. The second-order valence-corrected chi connectivity index (χ2v) is 8.92. The highest BCUT2D eigenvalue weighted by Crippen LogP contribution is 2.35. The topological polar surface area (TPSA) is 92.5 Å². The molecule has 0 unspecified atom stereocenters. The van der Waals surface area contributed by atoms with E-state index < -0.39 is 0 Å². The first-order chi connectivity index (χ1) is 14.8. The number of imidazole rings is 1. The minimum absolute atomic E-state index is 0.0492. The van der Waals surface area contributed by atoms with Gasteiger partial charge >= 0.3 is 6.03 Å². The molecule has 0 saturated carbocycles. The van der Waals surface area contributed by atoms with Gasteiger partial charge in [-0.25, -0.2) is 9.78 Å². The average Bonchev–Trinajstić information content (AvgIpc) is 3.25. The van der Waals surface area contributed by atoms with E-state index in [2.05, 4.69) is 10.3 Å². The molecule has 1 saturated heterocycles. The molecule has 0 aromatic carbocycles. The number of fused-ring (bicyclic) bond motifs is 4. The monoisotopic (exact) mass is 426 g/mol. The van der Waals surface area contributed by atoms with Gasteiger partial charge in [0.1, 0.15) is 5.56 Å². The number of urea groups is 1. The number of amides is 3. The van der Waals surface area contributed by atoms with E-state index in [1.165, 1.54) is 0 Å². The molecule has 4 rings (SSSR count). The standard InChI is InChI=1S/C22H30N6O3/c1-15(2)24-22(31)27-11-16-10-17(13-27)19-5-4-18(21(30)28(19)12-16)20(29)25(3)8-9-26-7-6-23-14-26/h4-7,14-17H,8-13H2,1-3H3,(H,24,31)/t16-,17+/m0/s1. The van der Waals surface area contributed by atoms with E-state index in [0.29, 0.717) is 32.7 Å². The largest absolute Gasteiger partial charge is 0.340 e. The minimum Gasteiger partial charge on any atom is -0.340 e. The number of hydrogen-bond acceptors (Lipinski definition) is 4. The second-order valence-electron chi connectivity index (χ2n) is 8.92. The van der Waals surface area contributed by atoms with Gasteiger partial charge in [-0.2, -0.15) is 0 Å². The summed E-state index contributed by atoms with van der Waals surface area (Å²) in [7, 11) is 1.71. The lowest BCUT2D eigenvalue weighted by atomic mass is 9.83. The van der Waals surface area contributed by atoms with Crippen molar-refractivity contribution in [3.05, 3.63) is 52.5 Å². The normalized spacial score (nSPS) is 19.8. The summed E-state index contributed by atoms with van der Waals surface area (Å²) in [5.74, 6) is 0.0569. The fourth-order valence-electron chi connectivity index (χ4n) is 4.60. The number of carbonyl (C=O) groups excluding carboxylic acids is 2. The molecule has 3 amide bonds. The third kappa shape index (κ3) is 4.35. The fourth-order valence-corrected chi connectivity index (χ4v) is 4.60.